The Hall–Kier alpha value is -3.99. The number of fused-ring (bicyclic) bond motifs is 3. The highest BCUT2D eigenvalue weighted by molar-refractivity contribution is 7.55. The van der Waals surface area contributed by atoms with Gasteiger partial charge in [-0.15, -0.1) is 11.3 Å². The van der Waals surface area contributed by atoms with Crippen LogP contribution >= 0.6 is 18.9 Å². The van der Waals surface area contributed by atoms with Gasteiger partial charge in [-0.25, -0.2) is 4.57 Å². The number of para-hydroxylation sites is 3. The Bertz CT molecular complexity index is 1730. The zero-order valence-electron chi connectivity index (χ0n) is 21.8. The Morgan fingerprint density at radius 2 is 1.38 bits per heavy atom. The summed E-state index contributed by atoms with van der Waals surface area (Å²) in [6.07, 6.45) is 0. The number of nitrogens with zero attached hydrogens (tertiary/aromatic N) is 1. The van der Waals surface area contributed by atoms with Crippen molar-refractivity contribution in [2.24, 2.45) is 0 Å². The first kappa shape index (κ1) is 25.3. The molecule has 0 spiro atoms. The number of benzene rings is 4. The number of hydrogen-bond donors (Lipinski definition) is 1. The molecule has 6 aromatic rings. The van der Waals surface area contributed by atoms with E-state index in [2.05, 4.69) is 53.2 Å². The number of rotatable bonds is 9. The maximum Gasteiger partial charge on any atom is 0.458 e. The first-order chi connectivity index (χ1) is 19.0. The Kier molecular flexibility index (Phi) is 6.90. The second-order valence-corrected chi connectivity index (χ2v) is 12.6. The number of nitrogens with one attached hydrogen (secondary N) is 1. The Morgan fingerprint density at radius 1 is 0.769 bits per heavy atom. The number of hydrogen-bond acceptors (Lipinski definition) is 5. The Labute approximate surface area is 232 Å². The van der Waals surface area contributed by atoms with E-state index in [1.54, 1.807) is 35.6 Å². The molecule has 2 aromatic heterocycles. The van der Waals surface area contributed by atoms with Crippen LogP contribution in [0.5, 0.6) is 11.5 Å². The van der Waals surface area contributed by atoms with Crippen molar-refractivity contribution in [1.29, 1.82) is 0 Å². The summed E-state index contributed by atoms with van der Waals surface area (Å²) in [5, 5.41) is 5.89. The van der Waals surface area contributed by atoms with Gasteiger partial charge in [0.1, 0.15) is 11.5 Å². The molecule has 5 nitrogen and oxygen atoms in total. The van der Waals surface area contributed by atoms with Crippen LogP contribution < -0.4 is 14.4 Å². The molecule has 196 valence electrons. The fourth-order valence-electron chi connectivity index (χ4n) is 4.93. The zero-order valence-corrected chi connectivity index (χ0v) is 23.5. The molecule has 1 atom stereocenters. The standard InChI is InChI=1S/C32H29N2O3PS/c1-3-34-29-17-11-10-16-27(29)28-22-24(19-20-30(28)34)33-32(31-21-18-23(2)39-31)38(35,36-25-12-6-4-7-13-25)37-26-14-8-5-9-15-26/h4-22,32-33H,3H2,1-2H3. The number of anilines is 1. The summed E-state index contributed by atoms with van der Waals surface area (Å²) in [6.45, 7) is 5.07. The highest BCUT2D eigenvalue weighted by Crippen LogP contribution is 2.61. The van der Waals surface area contributed by atoms with E-state index in [4.69, 9.17) is 9.05 Å². The number of thiophene rings is 1. The van der Waals surface area contributed by atoms with Crippen LogP contribution in [-0.2, 0) is 11.1 Å². The smallest absolute Gasteiger partial charge is 0.414 e. The topological polar surface area (TPSA) is 52.5 Å². The first-order valence-electron chi connectivity index (χ1n) is 13.0. The second-order valence-electron chi connectivity index (χ2n) is 9.34. The van der Waals surface area contributed by atoms with E-state index < -0.39 is 13.4 Å². The third-order valence-corrected chi connectivity index (χ3v) is 9.90. The second kappa shape index (κ2) is 10.6. The van der Waals surface area contributed by atoms with Crippen LogP contribution in [0.2, 0.25) is 0 Å². The van der Waals surface area contributed by atoms with Crippen molar-refractivity contribution in [3.05, 3.63) is 125 Å². The lowest BCUT2D eigenvalue weighted by Gasteiger charge is -2.28. The number of aryl methyl sites for hydroxylation is 2. The van der Waals surface area contributed by atoms with Crippen LogP contribution in [0.3, 0.4) is 0 Å². The molecule has 0 bridgehead atoms. The van der Waals surface area contributed by atoms with E-state index in [0.29, 0.717) is 11.5 Å². The lowest BCUT2D eigenvalue weighted by molar-refractivity contribution is 0.377. The molecule has 0 saturated carbocycles. The molecule has 4 aromatic carbocycles. The normalized spacial score (nSPS) is 12.5. The third-order valence-electron chi connectivity index (χ3n) is 6.69. The van der Waals surface area contributed by atoms with Crippen molar-refractivity contribution < 1.29 is 13.6 Å². The van der Waals surface area contributed by atoms with Crippen LogP contribution in [0.15, 0.2) is 115 Å². The SMILES string of the molecule is CCn1c2ccccc2c2cc(NC(c3ccc(C)s3)P(=O)(Oc3ccccc3)Oc3ccccc3)ccc21. The van der Waals surface area contributed by atoms with Gasteiger partial charge in [-0.1, -0.05) is 54.6 Å². The molecule has 0 aliphatic carbocycles. The molecule has 0 radical (unpaired) electrons. The highest BCUT2D eigenvalue weighted by Gasteiger charge is 2.42. The molecule has 1 N–H and O–H groups in total. The largest absolute Gasteiger partial charge is 0.458 e. The van der Waals surface area contributed by atoms with Gasteiger partial charge in [0, 0.05) is 43.8 Å². The molecule has 0 aliphatic rings. The highest BCUT2D eigenvalue weighted by atomic mass is 32.1. The molecule has 0 saturated heterocycles. The van der Waals surface area contributed by atoms with Crippen LogP contribution in [0.4, 0.5) is 5.69 Å². The molecule has 0 amide bonds. The molecule has 0 aliphatic heterocycles. The molecule has 39 heavy (non-hydrogen) atoms. The average molecular weight is 553 g/mol. The minimum absolute atomic E-state index is 0.485. The van der Waals surface area contributed by atoms with Crippen molar-refractivity contribution in [3.63, 3.8) is 0 Å². The molecule has 0 fully saturated rings. The van der Waals surface area contributed by atoms with Gasteiger partial charge in [0.15, 0.2) is 5.78 Å². The maximum atomic E-state index is 14.9. The van der Waals surface area contributed by atoms with Crippen molar-refractivity contribution in [3.8, 4) is 11.5 Å². The van der Waals surface area contributed by atoms with Gasteiger partial charge in [-0.3, -0.25) is 0 Å². The predicted octanol–water partition coefficient (Wildman–Crippen LogP) is 9.65. The van der Waals surface area contributed by atoms with E-state index >= 15 is 0 Å². The minimum atomic E-state index is -3.86. The molecule has 1 unspecified atom stereocenters. The van der Waals surface area contributed by atoms with Gasteiger partial charge in [0.25, 0.3) is 0 Å². The van der Waals surface area contributed by atoms with Gasteiger partial charge in [-0.05, 0) is 74.5 Å². The van der Waals surface area contributed by atoms with Crippen molar-refractivity contribution in [2.75, 3.05) is 5.32 Å². The van der Waals surface area contributed by atoms with Crippen LogP contribution in [0.25, 0.3) is 21.8 Å². The lowest BCUT2D eigenvalue weighted by atomic mass is 10.1. The Morgan fingerprint density at radius 3 is 2.00 bits per heavy atom. The molecule has 2 heterocycles. The van der Waals surface area contributed by atoms with Gasteiger partial charge in [0.2, 0.25) is 0 Å². The summed E-state index contributed by atoms with van der Waals surface area (Å²) in [6, 6.07) is 37.2. The quantitative estimate of drug-likeness (QED) is 0.181. The van der Waals surface area contributed by atoms with E-state index in [1.165, 1.54) is 10.9 Å². The fourth-order valence-corrected chi connectivity index (χ4v) is 8.07. The summed E-state index contributed by atoms with van der Waals surface area (Å²) >= 11 is 1.58. The van der Waals surface area contributed by atoms with Gasteiger partial charge in [-0.2, -0.15) is 0 Å². The number of aromatic nitrogens is 1. The molecular weight excluding hydrogens is 523 g/mol. The van der Waals surface area contributed by atoms with E-state index in [9.17, 15) is 4.57 Å². The molecule has 7 heteroatoms. The average Bonchev–Trinajstić information content (AvgIpc) is 3.53. The summed E-state index contributed by atoms with van der Waals surface area (Å²) in [5.74, 6) is 0.227. The van der Waals surface area contributed by atoms with Gasteiger partial charge < -0.3 is 18.9 Å². The Balaban J connectivity index is 1.47. The van der Waals surface area contributed by atoms with Crippen molar-refractivity contribution >= 4 is 46.4 Å². The summed E-state index contributed by atoms with van der Waals surface area (Å²) in [5.41, 5.74) is 3.20. The van der Waals surface area contributed by atoms with Crippen LogP contribution in [0, 0.1) is 6.92 Å². The lowest BCUT2D eigenvalue weighted by Crippen LogP contribution is -2.17. The fraction of sp³-hybridized carbons (Fsp3) is 0.125. The van der Waals surface area contributed by atoms with Crippen LogP contribution in [-0.4, -0.2) is 4.57 Å². The third kappa shape index (κ3) is 5.06. The molecule has 6 rings (SSSR count). The zero-order chi connectivity index (χ0) is 26.8. The first-order valence-corrected chi connectivity index (χ1v) is 15.4. The monoisotopic (exact) mass is 552 g/mol. The minimum Gasteiger partial charge on any atom is -0.414 e. The van der Waals surface area contributed by atoms with E-state index in [1.807, 2.05) is 61.5 Å². The van der Waals surface area contributed by atoms with Crippen LogP contribution in [0.1, 0.15) is 22.5 Å². The van der Waals surface area contributed by atoms with Gasteiger partial charge in [0.05, 0.1) is 0 Å². The maximum absolute atomic E-state index is 14.9. The summed E-state index contributed by atoms with van der Waals surface area (Å²) < 4.78 is 29.7. The molecular formula is C32H29N2O3PS. The van der Waals surface area contributed by atoms with Gasteiger partial charge >= 0.3 is 7.60 Å². The van der Waals surface area contributed by atoms with Crippen molar-refractivity contribution in [2.45, 2.75) is 26.2 Å². The summed E-state index contributed by atoms with van der Waals surface area (Å²) in [7, 11) is -3.86. The predicted molar refractivity (Wildman–Crippen MR) is 162 cm³/mol. The van der Waals surface area contributed by atoms with E-state index in [-0.39, 0.29) is 0 Å². The van der Waals surface area contributed by atoms with Crippen molar-refractivity contribution in [1.82, 2.24) is 4.57 Å². The summed E-state index contributed by atoms with van der Waals surface area (Å²) in [4.78, 5) is 1.99. The van der Waals surface area contributed by atoms with E-state index in [0.717, 1.165) is 32.9 Å².